The first-order valence-electron chi connectivity index (χ1n) is 8.95. The van der Waals surface area contributed by atoms with Crippen LogP contribution in [0.25, 0.3) is 0 Å². The van der Waals surface area contributed by atoms with Gasteiger partial charge in [0.25, 0.3) is 0 Å². The van der Waals surface area contributed by atoms with Crippen molar-refractivity contribution in [2.24, 2.45) is 35.0 Å². The molecule has 6 atom stereocenters. The van der Waals surface area contributed by atoms with Gasteiger partial charge in [0, 0.05) is 11.8 Å². The van der Waals surface area contributed by atoms with Gasteiger partial charge in [0.05, 0.1) is 0 Å². The van der Waals surface area contributed by atoms with E-state index < -0.39 is 0 Å². The SMILES string of the molecule is C#CC[C@@]12C=CC[C@H]1[C@@H]1CCC3CCCC[C@@H]3[C@H]1CC2. The third-order valence-electron chi connectivity index (χ3n) is 7.41. The zero-order valence-corrected chi connectivity index (χ0v) is 12.7. The molecule has 0 aromatic rings. The first-order chi connectivity index (χ1) is 9.84. The molecule has 4 aliphatic rings. The van der Waals surface area contributed by atoms with Gasteiger partial charge in [-0.1, -0.05) is 31.4 Å². The molecule has 0 spiro atoms. The average Bonchev–Trinajstić information content (AvgIpc) is 2.91. The highest BCUT2D eigenvalue weighted by molar-refractivity contribution is 5.19. The highest BCUT2D eigenvalue weighted by atomic mass is 14.6. The smallest absolute Gasteiger partial charge is 0.0180 e. The second-order valence-electron chi connectivity index (χ2n) is 8.01. The summed E-state index contributed by atoms with van der Waals surface area (Å²) in [5, 5.41) is 0. The van der Waals surface area contributed by atoms with E-state index in [1.807, 2.05) is 0 Å². The van der Waals surface area contributed by atoms with Gasteiger partial charge in [0.15, 0.2) is 0 Å². The number of rotatable bonds is 1. The van der Waals surface area contributed by atoms with Crippen molar-refractivity contribution >= 4 is 0 Å². The molecule has 3 saturated carbocycles. The summed E-state index contributed by atoms with van der Waals surface area (Å²) in [4.78, 5) is 0. The van der Waals surface area contributed by atoms with Crippen LogP contribution >= 0.6 is 0 Å². The van der Waals surface area contributed by atoms with Crippen LogP contribution in [0.2, 0.25) is 0 Å². The van der Waals surface area contributed by atoms with Crippen LogP contribution in [0.5, 0.6) is 0 Å². The standard InChI is InChI=1S/C20H28/c1-2-12-20-13-5-8-19(20)18-10-9-15-6-3-4-7-16(15)17(18)11-14-20/h1,5,13,15-19H,3-4,6-12,14H2/t15?,16-,17+,18+,19-,20-/m0/s1. The fourth-order valence-corrected chi connectivity index (χ4v) is 6.61. The highest BCUT2D eigenvalue weighted by Gasteiger charge is 2.53. The van der Waals surface area contributed by atoms with Gasteiger partial charge < -0.3 is 0 Å². The Balaban J connectivity index is 1.59. The fraction of sp³-hybridized carbons (Fsp3) is 0.800. The minimum atomic E-state index is 0.400. The van der Waals surface area contributed by atoms with E-state index in [1.54, 1.807) is 0 Å². The molecule has 4 rings (SSSR count). The fourth-order valence-electron chi connectivity index (χ4n) is 6.61. The zero-order valence-electron chi connectivity index (χ0n) is 12.7. The van der Waals surface area contributed by atoms with Gasteiger partial charge in [-0.25, -0.2) is 0 Å². The monoisotopic (exact) mass is 268 g/mol. The normalized spacial score (nSPS) is 49.9. The van der Waals surface area contributed by atoms with Crippen molar-refractivity contribution in [2.75, 3.05) is 0 Å². The topological polar surface area (TPSA) is 0 Å². The second-order valence-corrected chi connectivity index (χ2v) is 8.01. The van der Waals surface area contributed by atoms with Crippen LogP contribution in [0.4, 0.5) is 0 Å². The number of terminal acetylenes is 1. The molecular weight excluding hydrogens is 240 g/mol. The van der Waals surface area contributed by atoms with Crippen LogP contribution in [-0.2, 0) is 0 Å². The zero-order chi connectivity index (χ0) is 13.6. The first kappa shape index (κ1) is 13.0. The van der Waals surface area contributed by atoms with Crippen LogP contribution in [0.1, 0.15) is 64.2 Å². The molecule has 1 unspecified atom stereocenters. The van der Waals surface area contributed by atoms with Crippen molar-refractivity contribution in [1.82, 2.24) is 0 Å². The summed E-state index contributed by atoms with van der Waals surface area (Å²) < 4.78 is 0. The summed E-state index contributed by atoms with van der Waals surface area (Å²) in [6.07, 6.45) is 24.9. The molecule has 0 aromatic carbocycles. The van der Waals surface area contributed by atoms with Crippen LogP contribution in [0.15, 0.2) is 12.2 Å². The van der Waals surface area contributed by atoms with E-state index in [-0.39, 0.29) is 0 Å². The van der Waals surface area contributed by atoms with E-state index in [0.717, 1.165) is 36.0 Å². The van der Waals surface area contributed by atoms with Gasteiger partial charge in [-0.2, -0.15) is 0 Å². The van der Waals surface area contributed by atoms with Crippen molar-refractivity contribution in [3.8, 4) is 12.3 Å². The minimum Gasteiger partial charge on any atom is -0.120 e. The summed E-state index contributed by atoms with van der Waals surface area (Å²) in [5.74, 6) is 8.09. The highest BCUT2D eigenvalue weighted by Crippen LogP contribution is 2.61. The van der Waals surface area contributed by atoms with Crippen molar-refractivity contribution in [2.45, 2.75) is 64.2 Å². The molecule has 3 fully saturated rings. The molecule has 0 N–H and O–H groups in total. The van der Waals surface area contributed by atoms with Gasteiger partial charge in [-0.15, -0.1) is 12.3 Å². The van der Waals surface area contributed by atoms with Crippen molar-refractivity contribution in [1.29, 1.82) is 0 Å². The molecule has 0 aromatic heterocycles. The molecule has 0 aliphatic heterocycles. The predicted molar refractivity (Wildman–Crippen MR) is 84.0 cm³/mol. The lowest BCUT2D eigenvalue weighted by Crippen LogP contribution is -2.47. The minimum absolute atomic E-state index is 0.400. The number of hydrogen-bond donors (Lipinski definition) is 0. The third kappa shape index (κ3) is 1.82. The Morgan fingerprint density at radius 2 is 1.90 bits per heavy atom. The lowest BCUT2D eigenvalue weighted by Gasteiger charge is -2.55. The van der Waals surface area contributed by atoms with E-state index >= 15 is 0 Å². The molecular formula is C20H28. The van der Waals surface area contributed by atoms with E-state index in [4.69, 9.17) is 6.42 Å². The quantitative estimate of drug-likeness (QED) is 0.453. The summed E-state index contributed by atoms with van der Waals surface area (Å²) in [7, 11) is 0. The molecule has 20 heavy (non-hydrogen) atoms. The van der Waals surface area contributed by atoms with Crippen LogP contribution in [-0.4, -0.2) is 0 Å². The first-order valence-corrected chi connectivity index (χ1v) is 8.95. The van der Waals surface area contributed by atoms with Gasteiger partial charge >= 0.3 is 0 Å². The Morgan fingerprint density at radius 1 is 1.00 bits per heavy atom. The van der Waals surface area contributed by atoms with Gasteiger partial charge in [-0.3, -0.25) is 0 Å². The Labute approximate surface area is 124 Å². The van der Waals surface area contributed by atoms with Crippen molar-refractivity contribution < 1.29 is 0 Å². The number of hydrogen-bond acceptors (Lipinski definition) is 0. The maximum atomic E-state index is 5.70. The molecule has 0 heteroatoms. The molecule has 4 aliphatic carbocycles. The summed E-state index contributed by atoms with van der Waals surface area (Å²) in [5.41, 5.74) is 0.400. The summed E-state index contributed by atoms with van der Waals surface area (Å²) in [6.45, 7) is 0. The molecule has 108 valence electrons. The van der Waals surface area contributed by atoms with E-state index in [2.05, 4.69) is 18.1 Å². The Kier molecular flexibility index (Phi) is 3.21. The largest absolute Gasteiger partial charge is 0.120 e. The van der Waals surface area contributed by atoms with Crippen LogP contribution < -0.4 is 0 Å². The lowest BCUT2D eigenvalue weighted by molar-refractivity contribution is -0.0440. The van der Waals surface area contributed by atoms with Crippen molar-refractivity contribution in [3.63, 3.8) is 0 Å². The molecule has 0 nitrogen and oxygen atoms in total. The molecule has 0 radical (unpaired) electrons. The number of allylic oxidation sites excluding steroid dienone is 2. The Hall–Kier alpha value is -0.700. The average molecular weight is 268 g/mol. The van der Waals surface area contributed by atoms with Gasteiger partial charge in [0.1, 0.15) is 0 Å². The van der Waals surface area contributed by atoms with Crippen LogP contribution in [0, 0.1) is 47.3 Å². The predicted octanol–water partition coefficient (Wildman–Crippen LogP) is 5.20. The molecule has 0 saturated heterocycles. The second kappa shape index (κ2) is 4.94. The molecule has 0 amide bonds. The van der Waals surface area contributed by atoms with E-state index in [1.165, 1.54) is 57.8 Å². The van der Waals surface area contributed by atoms with Gasteiger partial charge in [0.2, 0.25) is 0 Å². The number of fused-ring (bicyclic) bond motifs is 5. The molecule has 0 bridgehead atoms. The molecule has 0 heterocycles. The Morgan fingerprint density at radius 3 is 2.80 bits per heavy atom. The van der Waals surface area contributed by atoms with Crippen molar-refractivity contribution in [3.05, 3.63) is 12.2 Å². The Bertz CT molecular complexity index is 439. The summed E-state index contributed by atoms with van der Waals surface area (Å²) >= 11 is 0. The van der Waals surface area contributed by atoms with E-state index in [0.29, 0.717) is 5.41 Å². The lowest BCUT2D eigenvalue weighted by atomic mass is 9.50. The maximum Gasteiger partial charge on any atom is 0.0180 e. The third-order valence-corrected chi connectivity index (χ3v) is 7.41. The van der Waals surface area contributed by atoms with Gasteiger partial charge in [-0.05, 0) is 68.1 Å². The van der Waals surface area contributed by atoms with E-state index in [9.17, 15) is 0 Å². The summed E-state index contributed by atoms with van der Waals surface area (Å²) in [6, 6.07) is 0. The maximum absolute atomic E-state index is 5.70. The van der Waals surface area contributed by atoms with Crippen LogP contribution in [0.3, 0.4) is 0 Å².